The maximum atomic E-state index is 5.64. The summed E-state index contributed by atoms with van der Waals surface area (Å²) < 4.78 is 5.64. The Bertz CT molecular complexity index is 233. The van der Waals surface area contributed by atoms with Crippen molar-refractivity contribution in [1.29, 1.82) is 0 Å². The third-order valence-electron chi connectivity index (χ3n) is 3.13. The molecule has 0 aromatic carbocycles. The SMILES string of the molecule is C=C(NC1CC(C)(CC)C1)OC(C)(C)C. The average Bonchev–Trinajstić information content (AvgIpc) is 1.97. The number of hydrogen-bond donors (Lipinski definition) is 1. The molecule has 0 heterocycles. The molecule has 0 bridgehead atoms. The van der Waals surface area contributed by atoms with Gasteiger partial charge in [-0.05, 0) is 45.6 Å². The average molecular weight is 211 g/mol. The second-order valence-electron chi connectivity index (χ2n) is 6.05. The van der Waals surface area contributed by atoms with Crippen LogP contribution in [0.3, 0.4) is 0 Å². The minimum Gasteiger partial charge on any atom is -0.474 e. The highest BCUT2D eigenvalue weighted by Gasteiger charge is 2.38. The van der Waals surface area contributed by atoms with E-state index in [1.165, 1.54) is 19.3 Å². The normalized spacial score (nSPS) is 30.6. The van der Waals surface area contributed by atoms with Crippen molar-refractivity contribution in [1.82, 2.24) is 5.32 Å². The predicted octanol–water partition coefficient (Wildman–Crippen LogP) is 3.44. The van der Waals surface area contributed by atoms with Gasteiger partial charge in [-0.1, -0.05) is 20.3 Å². The molecule has 1 aliphatic rings. The van der Waals surface area contributed by atoms with Gasteiger partial charge in [0.05, 0.1) is 0 Å². The van der Waals surface area contributed by atoms with Crippen LogP contribution in [-0.2, 0) is 4.74 Å². The van der Waals surface area contributed by atoms with Crippen LogP contribution in [0.5, 0.6) is 0 Å². The summed E-state index contributed by atoms with van der Waals surface area (Å²) in [6.45, 7) is 14.6. The van der Waals surface area contributed by atoms with Crippen LogP contribution in [-0.4, -0.2) is 11.6 Å². The van der Waals surface area contributed by atoms with Crippen molar-refractivity contribution in [3.05, 3.63) is 12.5 Å². The fourth-order valence-corrected chi connectivity index (χ4v) is 2.15. The number of nitrogens with one attached hydrogen (secondary N) is 1. The third-order valence-corrected chi connectivity index (χ3v) is 3.13. The van der Waals surface area contributed by atoms with E-state index in [9.17, 15) is 0 Å². The Morgan fingerprint density at radius 2 is 2.00 bits per heavy atom. The molecule has 0 aromatic heterocycles. The highest BCUT2D eigenvalue weighted by Crippen LogP contribution is 2.43. The lowest BCUT2D eigenvalue weighted by atomic mass is 9.65. The molecule has 2 heteroatoms. The van der Waals surface area contributed by atoms with Crippen LogP contribution in [0.4, 0.5) is 0 Å². The van der Waals surface area contributed by atoms with Crippen molar-refractivity contribution in [3.8, 4) is 0 Å². The zero-order chi connectivity index (χ0) is 11.7. The summed E-state index contributed by atoms with van der Waals surface area (Å²) in [6, 6.07) is 0.560. The molecule has 0 saturated heterocycles. The Balaban J connectivity index is 2.25. The molecule has 2 nitrogen and oxygen atoms in total. The van der Waals surface area contributed by atoms with Gasteiger partial charge in [0, 0.05) is 6.04 Å². The molecule has 0 amide bonds. The molecule has 1 N–H and O–H groups in total. The molecule has 0 aromatic rings. The second-order valence-corrected chi connectivity index (χ2v) is 6.05. The smallest absolute Gasteiger partial charge is 0.180 e. The zero-order valence-corrected chi connectivity index (χ0v) is 10.8. The van der Waals surface area contributed by atoms with Gasteiger partial charge in [-0.3, -0.25) is 0 Å². The van der Waals surface area contributed by atoms with Gasteiger partial charge in [-0.15, -0.1) is 0 Å². The minimum atomic E-state index is -0.151. The van der Waals surface area contributed by atoms with Gasteiger partial charge in [-0.2, -0.15) is 0 Å². The lowest BCUT2D eigenvalue weighted by Crippen LogP contribution is -2.47. The number of rotatable bonds is 4. The molecule has 88 valence electrons. The predicted molar refractivity (Wildman–Crippen MR) is 64.5 cm³/mol. The van der Waals surface area contributed by atoms with Crippen LogP contribution in [0.25, 0.3) is 0 Å². The quantitative estimate of drug-likeness (QED) is 0.719. The van der Waals surface area contributed by atoms with Gasteiger partial charge >= 0.3 is 0 Å². The van der Waals surface area contributed by atoms with Crippen molar-refractivity contribution in [2.75, 3.05) is 0 Å². The topological polar surface area (TPSA) is 21.3 Å². The van der Waals surface area contributed by atoms with E-state index in [2.05, 4.69) is 25.7 Å². The summed E-state index contributed by atoms with van der Waals surface area (Å²) in [5.41, 5.74) is 0.390. The van der Waals surface area contributed by atoms with Gasteiger partial charge < -0.3 is 10.1 Å². The molecular formula is C13H25NO. The van der Waals surface area contributed by atoms with Gasteiger partial charge in [0.1, 0.15) is 5.60 Å². The molecule has 1 fully saturated rings. The molecule has 0 unspecified atom stereocenters. The van der Waals surface area contributed by atoms with Crippen molar-refractivity contribution in [3.63, 3.8) is 0 Å². The maximum absolute atomic E-state index is 5.64. The highest BCUT2D eigenvalue weighted by molar-refractivity contribution is 4.98. The van der Waals surface area contributed by atoms with E-state index in [1.807, 2.05) is 20.8 Å². The molecular weight excluding hydrogens is 186 g/mol. The first-order chi connectivity index (χ1) is 6.74. The molecule has 1 saturated carbocycles. The Morgan fingerprint density at radius 1 is 1.47 bits per heavy atom. The monoisotopic (exact) mass is 211 g/mol. The second kappa shape index (κ2) is 4.07. The fourth-order valence-electron chi connectivity index (χ4n) is 2.15. The lowest BCUT2D eigenvalue weighted by Gasteiger charge is -2.46. The van der Waals surface area contributed by atoms with E-state index in [0.717, 1.165) is 0 Å². The minimum absolute atomic E-state index is 0.151. The van der Waals surface area contributed by atoms with Crippen molar-refractivity contribution < 1.29 is 4.74 Å². The van der Waals surface area contributed by atoms with Crippen LogP contribution >= 0.6 is 0 Å². The lowest BCUT2D eigenvalue weighted by molar-refractivity contribution is 0.0208. The number of hydrogen-bond acceptors (Lipinski definition) is 2. The van der Waals surface area contributed by atoms with Crippen molar-refractivity contribution in [2.45, 2.75) is 65.5 Å². The first-order valence-corrected chi connectivity index (χ1v) is 5.88. The Morgan fingerprint density at radius 3 is 2.40 bits per heavy atom. The highest BCUT2D eigenvalue weighted by atomic mass is 16.5. The van der Waals surface area contributed by atoms with Crippen LogP contribution < -0.4 is 5.32 Å². The van der Waals surface area contributed by atoms with E-state index < -0.39 is 0 Å². The number of ether oxygens (including phenoxy) is 1. The summed E-state index contributed by atoms with van der Waals surface area (Å²) in [6.07, 6.45) is 3.73. The van der Waals surface area contributed by atoms with Crippen molar-refractivity contribution >= 4 is 0 Å². The van der Waals surface area contributed by atoms with Crippen LogP contribution in [0, 0.1) is 5.41 Å². The van der Waals surface area contributed by atoms with E-state index in [0.29, 0.717) is 17.3 Å². The first kappa shape index (κ1) is 12.4. The van der Waals surface area contributed by atoms with E-state index in [-0.39, 0.29) is 5.60 Å². The van der Waals surface area contributed by atoms with Crippen LogP contribution in [0.1, 0.15) is 53.9 Å². The zero-order valence-electron chi connectivity index (χ0n) is 10.8. The fraction of sp³-hybridized carbons (Fsp3) is 0.846. The molecule has 0 spiro atoms. The van der Waals surface area contributed by atoms with Crippen LogP contribution in [0.15, 0.2) is 12.5 Å². The molecule has 1 rings (SSSR count). The molecule has 0 atom stereocenters. The molecule has 15 heavy (non-hydrogen) atoms. The van der Waals surface area contributed by atoms with E-state index in [1.54, 1.807) is 0 Å². The third kappa shape index (κ3) is 3.77. The van der Waals surface area contributed by atoms with Gasteiger partial charge in [0.25, 0.3) is 0 Å². The maximum Gasteiger partial charge on any atom is 0.180 e. The Labute approximate surface area is 94.1 Å². The van der Waals surface area contributed by atoms with Gasteiger partial charge in [-0.25, -0.2) is 0 Å². The van der Waals surface area contributed by atoms with E-state index in [4.69, 9.17) is 4.74 Å². The summed E-state index contributed by atoms with van der Waals surface area (Å²) in [4.78, 5) is 0. The molecule has 0 radical (unpaired) electrons. The summed E-state index contributed by atoms with van der Waals surface area (Å²) in [5, 5.41) is 3.35. The standard InChI is InChI=1S/C13H25NO/c1-7-13(6)8-11(9-13)14-10(2)15-12(3,4)5/h11,14H,2,7-9H2,1,3-6H3. The Hall–Kier alpha value is -0.660. The summed E-state index contributed by atoms with van der Waals surface area (Å²) >= 11 is 0. The molecule has 0 aliphatic heterocycles. The van der Waals surface area contributed by atoms with Gasteiger partial charge in [0.2, 0.25) is 0 Å². The molecule has 1 aliphatic carbocycles. The Kier molecular flexibility index (Phi) is 3.37. The van der Waals surface area contributed by atoms with E-state index >= 15 is 0 Å². The van der Waals surface area contributed by atoms with Crippen molar-refractivity contribution in [2.24, 2.45) is 5.41 Å². The summed E-state index contributed by atoms with van der Waals surface area (Å²) in [7, 11) is 0. The largest absolute Gasteiger partial charge is 0.474 e. The summed E-state index contributed by atoms with van der Waals surface area (Å²) in [5.74, 6) is 0.714. The first-order valence-electron chi connectivity index (χ1n) is 5.88. The van der Waals surface area contributed by atoms with Crippen LogP contribution in [0.2, 0.25) is 0 Å². The van der Waals surface area contributed by atoms with Gasteiger partial charge in [0.15, 0.2) is 5.88 Å².